The van der Waals surface area contributed by atoms with E-state index in [1.165, 1.54) is 0 Å². The number of likely N-dealkylation sites (N-methyl/N-ethyl adjacent to an activating group) is 1. The highest BCUT2D eigenvalue weighted by Crippen LogP contribution is 2.22. The molecular weight excluding hydrogens is 294 g/mol. The van der Waals surface area contributed by atoms with E-state index in [0.29, 0.717) is 0 Å². The van der Waals surface area contributed by atoms with Gasteiger partial charge in [0.15, 0.2) is 0 Å². The molecule has 4 heteroatoms. The highest BCUT2D eigenvalue weighted by atomic mass is 79.9. The number of benzene rings is 1. The number of nitrogens with zero attached hydrogens (tertiary/aromatic N) is 1. The van der Waals surface area contributed by atoms with Crippen LogP contribution in [0.25, 0.3) is 0 Å². The predicted molar refractivity (Wildman–Crippen MR) is 74.8 cm³/mol. The van der Waals surface area contributed by atoms with Crippen LogP contribution < -0.4 is 0 Å². The normalized spacial score (nSPS) is 23.1. The molecule has 1 fully saturated rings. The van der Waals surface area contributed by atoms with Crippen LogP contribution in [-0.4, -0.2) is 36.6 Å². The first-order valence-corrected chi connectivity index (χ1v) is 6.95. The number of ether oxygens (including phenoxy) is 1. The molecule has 98 valence electrons. The molecule has 1 aliphatic heterocycles. The van der Waals surface area contributed by atoms with E-state index in [1.54, 1.807) is 4.90 Å². The van der Waals surface area contributed by atoms with Gasteiger partial charge in [0.2, 0.25) is 0 Å². The molecule has 0 spiro atoms. The third kappa shape index (κ3) is 2.59. The fourth-order valence-corrected chi connectivity index (χ4v) is 2.61. The summed E-state index contributed by atoms with van der Waals surface area (Å²) in [5.74, 6) is 0.0629. The minimum atomic E-state index is 0.0629. The van der Waals surface area contributed by atoms with Crippen LogP contribution in [0.4, 0.5) is 0 Å². The summed E-state index contributed by atoms with van der Waals surface area (Å²) in [6.07, 6.45) is 1.04. The molecule has 1 saturated heterocycles. The van der Waals surface area contributed by atoms with Gasteiger partial charge in [-0.3, -0.25) is 4.79 Å². The van der Waals surface area contributed by atoms with Crippen molar-refractivity contribution in [2.45, 2.75) is 32.4 Å². The van der Waals surface area contributed by atoms with E-state index in [-0.39, 0.29) is 18.1 Å². The molecule has 2 rings (SSSR count). The summed E-state index contributed by atoms with van der Waals surface area (Å²) in [5, 5.41) is 0. The molecule has 1 amide bonds. The first-order chi connectivity index (χ1) is 8.50. The van der Waals surface area contributed by atoms with Crippen LogP contribution in [0.3, 0.4) is 0 Å². The second kappa shape index (κ2) is 5.41. The summed E-state index contributed by atoms with van der Waals surface area (Å²) in [6, 6.07) is 5.88. The molecule has 3 nitrogen and oxygen atoms in total. The number of rotatable bonds is 2. The smallest absolute Gasteiger partial charge is 0.253 e. The number of hydrogen-bond donors (Lipinski definition) is 0. The second-order valence-electron chi connectivity index (χ2n) is 4.81. The lowest BCUT2D eigenvalue weighted by molar-refractivity contribution is 0.0574. The number of carbonyl (C=O) groups excluding carboxylic acids is 1. The zero-order chi connectivity index (χ0) is 13.3. The molecule has 2 atom stereocenters. The minimum Gasteiger partial charge on any atom is -0.376 e. The van der Waals surface area contributed by atoms with Gasteiger partial charge in [-0.2, -0.15) is 0 Å². The van der Waals surface area contributed by atoms with Crippen molar-refractivity contribution in [2.75, 3.05) is 13.7 Å². The van der Waals surface area contributed by atoms with Crippen LogP contribution in [-0.2, 0) is 4.74 Å². The highest BCUT2D eigenvalue weighted by Gasteiger charge is 2.30. The van der Waals surface area contributed by atoms with Crippen LogP contribution in [0.1, 0.15) is 29.3 Å². The molecule has 0 radical (unpaired) electrons. The van der Waals surface area contributed by atoms with E-state index in [4.69, 9.17) is 4.74 Å². The lowest BCUT2D eigenvalue weighted by Gasteiger charge is -2.27. The van der Waals surface area contributed by atoms with Crippen molar-refractivity contribution in [3.8, 4) is 0 Å². The van der Waals surface area contributed by atoms with Gasteiger partial charge in [0.1, 0.15) is 0 Å². The molecule has 0 aliphatic carbocycles. The quantitative estimate of drug-likeness (QED) is 0.840. The van der Waals surface area contributed by atoms with Gasteiger partial charge in [0, 0.05) is 23.7 Å². The summed E-state index contributed by atoms with van der Waals surface area (Å²) in [5.41, 5.74) is 1.81. The van der Waals surface area contributed by atoms with Crippen LogP contribution in [0.15, 0.2) is 22.7 Å². The van der Waals surface area contributed by atoms with Crippen LogP contribution in [0, 0.1) is 6.92 Å². The van der Waals surface area contributed by atoms with E-state index in [9.17, 15) is 4.79 Å². The van der Waals surface area contributed by atoms with Crippen molar-refractivity contribution in [3.05, 3.63) is 33.8 Å². The lowest BCUT2D eigenvalue weighted by atomic mass is 10.1. The van der Waals surface area contributed by atoms with E-state index < -0.39 is 0 Å². The summed E-state index contributed by atoms with van der Waals surface area (Å²) in [4.78, 5) is 14.2. The number of hydrogen-bond acceptors (Lipinski definition) is 2. The Morgan fingerprint density at radius 3 is 2.78 bits per heavy atom. The zero-order valence-electron chi connectivity index (χ0n) is 10.9. The molecule has 0 saturated carbocycles. The van der Waals surface area contributed by atoms with Crippen molar-refractivity contribution in [1.29, 1.82) is 0 Å². The number of amides is 1. The van der Waals surface area contributed by atoms with Gasteiger partial charge in [0.05, 0.1) is 12.1 Å². The van der Waals surface area contributed by atoms with Crippen LogP contribution in [0.5, 0.6) is 0 Å². The van der Waals surface area contributed by atoms with Gasteiger partial charge < -0.3 is 9.64 Å². The van der Waals surface area contributed by atoms with Crippen molar-refractivity contribution < 1.29 is 9.53 Å². The summed E-state index contributed by atoms with van der Waals surface area (Å²) in [6.45, 7) is 4.75. The van der Waals surface area contributed by atoms with Crippen LogP contribution >= 0.6 is 15.9 Å². The van der Waals surface area contributed by atoms with E-state index in [2.05, 4.69) is 15.9 Å². The van der Waals surface area contributed by atoms with Crippen molar-refractivity contribution in [2.24, 2.45) is 0 Å². The third-order valence-electron chi connectivity index (χ3n) is 3.56. The SMILES string of the molecule is Cc1cc(C(=O)N(C)C2CCOC2C)ccc1Br. The van der Waals surface area contributed by atoms with Gasteiger partial charge in [0.25, 0.3) is 5.91 Å². The van der Waals surface area contributed by atoms with Gasteiger partial charge in [-0.15, -0.1) is 0 Å². The summed E-state index contributed by atoms with van der Waals surface area (Å²) < 4.78 is 6.54. The lowest BCUT2D eigenvalue weighted by Crippen LogP contribution is -2.41. The number of halogens is 1. The fourth-order valence-electron chi connectivity index (χ4n) is 2.36. The molecule has 0 N–H and O–H groups in total. The average molecular weight is 312 g/mol. The van der Waals surface area contributed by atoms with Crippen molar-refractivity contribution in [1.82, 2.24) is 4.90 Å². The first kappa shape index (κ1) is 13.6. The topological polar surface area (TPSA) is 29.5 Å². The number of carbonyl (C=O) groups is 1. The van der Waals surface area contributed by atoms with Gasteiger partial charge >= 0.3 is 0 Å². The molecule has 1 aliphatic rings. The van der Waals surface area contributed by atoms with Gasteiger partial charge in [-0.05, 0) is 44.0 Å². The van der Waals surface area contributed by atoms with E-state index in [0.717, 1.165) is 28.6 Å². The summed E-state index contributed by atoms with van der Waals surface area (Å²) >= 11 is 3.45. The van der Waals surface area contributed by atoms with E-state index in [1.807, 2.05) is 39.1 Å². The minimum absolute atomic E-state index is 0.0629. The third-order valence-corrected chi connectivity index (χ3v) is 4.45. The first-order valence-electron chi connectivity index (χ1n) is 6.15. The molecule has 2 unspecified atom stereocenters. The molecule has 1 aromatic rings. The molecule has 18 heavy (non-hydrogen) atoms. The standard InChI is InChI=1S/C14H18BrNO2/c1-9-8-11(4-5-12(9)15)14(17)16(3)13-6-7-18-10(13)2/h4-5,8,10,13H,6-7H2,1-3H3. The van der Waals surface area contributed by atoms with Gasteiger partial charge in [-0.1, -0.05) is 15.9 Å². The van der Waals surface area contributed by atoms with Gasteiger partial charge in [-0.25, -0.2) is 0 Å². The predicted octanol–water partition coefficient (Wildman–Crippen LogP) is 3.01. The van der Waals surface area contributed by atoms with Crippen LogP contribution in [0.2, 0.25) is 0 Å². The summed E-state index contributed by atoms with van der Waals surface area (Å²) in [7, 11) is 1.86. The molecule has 1 heterocycles. The Kier molecular flexibility index (Phi) is 4.07. The maximum atomic E-state index is 12.4. The Morgan fingerprint density at radius 1 is 1.50 bits per heavy atom. The maximum absolute atomic E-state index is 12.4. The van der Waals surface area contributed by atoms with Crippen molar-refractivity contribution in [3.63, 3.8) is 0 Å². The van der Waals surface area contributed by atoms with E-state index >= 15 is 0 Å². The zero-order valence-corrected chi connectivity index (χ0v) is 12.5. The van der Waals surface area contributed by atoms with Crippen molar-refractivity contribution >= 4 is 21.8 Å². The molecule has 0 aromatic heterocycles. The average Bonchev–Trinajstić information content (AvgIpc) is 2.77. The Bertz CT molecular complexity index is 461. The maximum Gasteiger partial charge on any atom is 0.253 e. The Labute approximate surface area is 116 Å². The molecule has 0 bridgehead atoms. The monoisotopic (exact) mass is 311 g/mol. The Morgan fingerprint density at radius 2 is 2.22 bits per heavy atom. The second-order valence-corrected chi connectivity index (χ2v) is 5.67. The Hall–Kier alpha value is -0.870. The molecule has 1 aromatic carbocycles. The Balaban J connectivity index is 2.17. The fraction of sp³-hybridized carbons (Fsp3) is 0.500. The molecular formula is C14H18BrNO2. The largest absolute Gasteiger partial charge is 0.376 e. The highest BCUT2D eigenvalue weighted by molar-refractivity contribution is 9.10. The number of aryl methyl sites for hydroxylation is 1.